The highest BCUT2D eigenvalue weighted by atomic mass is 32.1. The van der Waals surface area contributed by atoms with Gasteiger partial charge in [-0.15, -0.1) is 0 Å². The number of hydrogen-bond donors (Lipinski definition) is 3. The van der Waals surface area contributed by atoms with Crippen molar-refractivity contribution in [2.45, 2.75) is 6.54 Å². The van der Waals surface area contributed by atoms with Crippen LogP contribution in [0.15, 0.2) is 48.5 Å². The molecule has 0 saturated heterocycles. The first kappa shape index (κ1) is 18.5. The fourth-order valence-corrected chi connectivity index (χ4v) is 2.25. The van der Waals surface area contributed by atoms with Crippen LogP contribution < -0.4 is 20.7 Å². The Bertz CT molecular complexity index is 705. The van der Waals surface area contributed by atoms with E-state index in [-0.39, 0.29) is 5.69 Å². The molecule has 3 N–H and O–H groups in total. The summed E-state index contributed by atoms with van der Waals surface area (Å²) in [5, 5.41) is 20.6. The van der Waals surface area contributed by atoms with Gasteiger partial charge in [-0.25, -0.2) is 0 Å². The average molecular weight is 360 g/mol. The molecule has 0 aliphatic carbocycles. The van der Waals surface area contributed by atoms with Crippen LogP contribution in [0.25, 0.3) is 0 Å². The van der Waals surface area contributed by atoms with Crippen LogP contribution >= 0.6 is 12.2 Å². The maximum absolute atomic E-state index is 10.6. The third-order valence-corrected chi connectivity index (χ3v) is 3.72. The molecule has 2 aromatic rings. The number of ether oxygens (including phenoxy) is 1. The van der Waals surface area contributed by atoms with Crippen LogP contribution in [0.1, 0.15) is 5.56 Å². The Morgan fingerprint density at radius 3 is 2.36 bits per heavy atom. The molecular formula is C17H20N4O3S. The van der Waals surface area contributed by atoms with E-state index in [9.17, 15) is 10.1 Å². The molecule has 0 amide bonds. The Morgan fingerprint density at radius 1 is 1.08 bits per heavy atom. The molecule has 2 aromatic carbocycles. The molecule has 25 heavy (non-hydrogen) atoms. The summed E-state index contributed by atoms with van der Waals surface area (Å²) in [6.45, 7) is 1.90. The fraction of sp³-hybridized carbons (Fsp3) is 0.235. The first-order chi connectivity index (χ1) is 12.1. The van der Waals surface area contributed by atoms with Gasteiger partial charge in [0.05, 0.1) is 12.0 Å². The molecule has 8 heteroatoms. The van der Waals surface area contributed by atoms with Gasteiger partial charge in [0.25, 0.3) is 5.69 Å². The quantitative estimate of drug-likeness (QED) is 0.289. The molecule has 0 fully saturated rings. The van der Waals surface area contributed by atoms with Gasteiger partial charge in [0.15, 0.2) is 5.11 Å². The number of methoxy groups -OCH3 is 1. The van der Waals surface area contributed by atoms with Crippen LogP contribution in [-0.4, -0.2) is 30.2 Å². The Kier molecular flexibility index (Phi) is 6.97. The van der Waals surface area contributed by atoms with Crippen LogP contribution in [0, 0.1) is 10.1 Å². The summed E-state index contributed by atoms with van der Waals surface area (Å²) in [4.78, 5) is 10.2. The second-order valence-corrected chi connectivity index (χ2v) is 5.60. The first-order valence-electron chi connectivity index (χ1n) is 7.71. The van der Waals surface area contributed by atoms with Crippen molar-refractivity contribution in [3.05, 3.63) is 64.2 Å². The Labute approximate surface area is 151 Å². The van der Waals surface area contributed by atoms with Crippen LogP contribution in [0.2, 0.25) is 0 Å². The number of nitro groups is 1. The van der Waals surface area contributed by atoms with E-state index < -0.39 is 4.92 Å². The van der Waals surface area contributed by atoms with E-state index in [1.54, 1.807) is 19.2 Å². The minimum absolute atomic E-state index is 0.0765. The molecule has 7 nitrogen and oxygen atoms in total. The van der Waals surface area contributed by atoms with E-state index in [4.69, 9.17) is 17.0 Å². The van der Waals surface area contributed by atoms with Crippen molar-refractivity contribution >= 4 is 28.7 Å². The zero-order valence-corrected chi connectivity index (χ0v) is 14.6. The van der Waals surface area contributed by atoms with E-state index in [2.05, 4.69) is 16.0 Å². The lowest BCUT2D eigenvalue weighted by Gasteiger charge is -2.12. The molecule has 0 atom stereocenters. The number of nitro benzene ring substituents is 1. The summed E-state index contributed by atoms with van der Waals surface area (Å²) >= 11 is 5.23. The number of non-ortho nitro benzene ring substituents is 1. The summed E-state index contributed by atoms with van der Waals surface area (Å²) in [6, 6.07) is 14.1. The van der Waals surface area contributed by atoms with E-state index in [0.29, 0.717) is 24.7 Å². The van der Waals surface area contributed by atoms with Gasteiger partial charge in [-0.1, -0.05) is 12.1 Å². The Balaban J connectivity index is 1.63. The molecule has 0 aliphatic heterocycles. The highest BCUT2D eigenvalue weighted by molar-refractivity contribution is 7.80. The van der Waals surface area contributed by atoms with E-state index in [0.717, 1.165) is 17.0 Å². The van der Waals surface area contributed by atoms with E-state index in [1.165, 1.54) is 12.1 Å². The lowest BCUT2D eigenvalue weighted by molar-refractivity contribution is -0.384. The maximum Gasteiger partial charge on any atom is 0.269 e. The predicted molar refractivity (Wildman–Crippen MR) is 102 cm³/mol. The van der Waals surface area contributed by atoms with Crippen LogP contribution in [0.4, 0.5) is 11.4 Å². The number of benzene rings is 2. The smallest absolute Gasteiger partial charge is 0.269 e. The van der Waals surface area contributed by atoms with Crippen molar-refractivity contribution in [1.29, 1.82) is 0 Å². The summed E-state index contributed by atoms with van der Waals surface area (Å²) in [7, 11) is 1.64. The maximum atomic E-state index is 10.6. The third kappa shape index (κ3) is 6.27. The second-order valence-electron chi connectivity index (χ2n) is 5.19. The van der Waals surface area contributed by atoms with E-state index >= 15 is 0 Å². The van der Waals surface area contributed by atoms with Crippen molar-refractivity contribution < 1.29 is 9.66 Å². The van der Waals surface area contributed by atoms with Gasteiger partial charge in [0.1, 0.15) is 5.75 Å². The molecule has 0 radical (unpaired) electrons. The molecule has 132 valence electrons. The third-order valence-electron chi connectivity index (χ3n) is 3.43. The highest BCUT2D eigenvalue weighted by Crippen LogP contribution is 2.14. The number of nitrogens with zero attached hydrogens (tertiary/aromatic N) is 1. The minimum Gasteiger partial charge on any atom is -0.497 e. The van der Waals surface area contributed by atoms with Crippen molar-refractivity contribution in [3.8, 4) is 5.75 Å². The van der Waals surface area contributed by atoms with Crippen LogP contribution in [-0.2, 0) is 6.54 Å². The molecule has 0 aromatic heterocycles. The summed E-state index contributed by atoms with van der Waals surface area (Å²) in [5.74, 6) is 0.821. The van der Waals surface area contributed by atoms with Crippen molar-refractivity contribution in [1.82, 2.24) is 10.6 Å². The summed E-state index contributed by atoms with van der Waals surface area (Å²) in [6.07, 6.45) is 0. The topological polar surface area (TPSA) is 88.5 Å². The van der Waals surface area contributed by atoms with Crippen LogP contribution in [0.3, 0.4) is 0 Å². The molecule has 0 unspecified atom stereocenters. The second kappa shape index (κ2) is 9.43. The molecule has 0 saturated carbocycles. The number of anilines is 1. The molecule has 0 spiro atoms. The van der Waals surface area contributed by atoms with E-state index in [1.807, 2.05) is 24.3 Å². The number of thiocarbonyl (C=S) groups is 1. The number of hydrogen-bond acceptors (Lipinski definition) is 5. The lowest BCUT2D eigenvalue weighted by Crippen LogP contribution is -2.37. The summed E-state index contributed by atoms with van der Waals surface area (Å²) in [5.41, 5.74) is 2.01. The van der Waals surface area contributed by atoms with Gasteiger partial charge >= 0.3 is 0 Å². The predicted octanol–water partition coefficient (Wildman–Crippen LogP) is 2.68. The molecule has 0 heterocycles. The normalized spacial score (nSPS) is 9.96. The number of nitrogens with one attached hydrogen (secondary N) is 3. The van der Waals surface area contributed by atoms with Crippen molar-refractivity contribution in [3.63, 3.8) is 0 Å². The molecule has 2 rings (SSSR count). The zero-order valence-electron chi connectivity index (χ0n) is 13.8. The Hall–Kier alpha value is -2.87. The van der Waals surface area contributed by atoms with Gasteiger partial charge < -0.3 is 20.7 Å². The van der Waals surface area contributed by atoms with Gasteiger partial charge in [0.2, 0.25) is 0 Å². The molecular weight excluding hydrogens is 340 g/mol. The fourth-order valence-electron chi connectivity index (χ4n) is 2.07. The number of rotatable bonds is 8. The molecule has 0 aliphatic rings. The standard InChI is InChI=1S/C17H20N4O3S/c1-24-16-8-2-13(3-9-16)12-20-17(25)19-11-10-18-14-4-6-15(7-5-14)21(22)23/h2-9,18H,10-12H2,1H3,(H2,19,20,25). The Morgan fingerprint density at radius 2 is 1.76 bits per heavy atom. The monoisotopic (exact) mass is 360 g/mol. The zero-order chi connectivity index (χ0) is 18.1. The highest BCUT2D eigenvalue weighted by Gasteiger charge is 2.03. The average Bonchev–Trinajstić information content (AvgIpc) is 2.64. The first-order valence-corrected chi connectivity index (χ1v) is 8.12. The summed E-state index contributed by atoms with van der Waals surface area (Å²) < 4.78 is 5.12. The molecule has 0 bridgehead atoms. The van der Waals surface area contributed by atoms with Gasteiger partial charge in [0, 0.05) is 37.5 Å². The minimum atomic E-state index is -0.418. The van der Waals surface area contributed by atoms with Crippen LogP contribution in [0.5, 0.6) is 5.75 Å². The SMILES string of the molecule is COc1ccc(CNC(=S)NCCNc2ccc([N+](=O)[O-])cc2)cc1. The van der Waals surface area contributed by atoms with Gasteiger partial charge in [-0.05, 0) is 42.0 Å². The van der Waals surface area contributed by atoms with Gasteiger partial charge in [-0.2, -0.15) is 0 Å². The van der Waals surface area contributed by atoms with Gasteiger partial charge in [-0.3, -0.25) is 10.1 Å². The lowest BCUT2D eigenvalue weighted by atomic mass is 10.2. The van der Waals surface area contributed by atoms with Crippen molar-refractivity contribution in [2.75, 3.05) is 25.5 Å². The van der Waals surface area contributed by atoms with Crippen molar-refractivity contribution in [2.24, 2.45) is 0 Å². The largest absolute Gasteiger partial charge is 0.497 e.